The minimum absolute atomic E-state index is 0. The topological polar surface area (TPSA) is 20.2 Å². The van der Waals surface area contributed by atoms with Crippen LogP contribution in [0.4, 0.5) is 0 Å². The van der Waals surface area contributed by atoms with Gasteiger partial charge >= 0.3 is 21.7 Å². The average Bonchev–Trinajstić information content (AvgIpc) is 2.62. The maximum atomic E-state index is 10.4. The molecule has 0 aliphatic heterocycles. The van der Waals surface area contributed by atoms with Crippen LogP contribution in [0.3, 0.4) is 0 Å². The summed E-state index contributed by atoms with van der Waals surface area (Å²) in [5, 5.41) is 12.6. The van der Waals surface area contributed by atoms with Crippen LogP contribution in [-0.2, 0) is 21.7 Å². The Bertz CT molecular complexity index is 978. The maximum absolute atomic E-state index is 10.4. The molecule has 4 rings (SSSR count). The molecule has 135 valence electrons. The van der Waals surface area contributed by atoms with Gasteiger partial charge < -0.3 is 27.4 Å². The molecular weight excluding hydrogens is 364 g/mol. The molecule has 1 nitrogen and oxygen atoms in total. The molecule has 0 saturated heterocycles. The number of phenolic OH excluding ortho intramolecular Hbond substituents is 1. The Labute approximate surface area is 178 Å². The van der Waals surface area contributed by atoms with E-state index in [1.54, 1.807) is 6.07 Å². The monoisotopic (exact) mass is 389 g/mol. The molecule has 0 bridgehead atoms. The average molecular weight is 389 g/mol. The third-order valence-electron chi connectivity index (χ3n) is 4.17. The van der Waals surface area contributed by atoms with E-state index >= 15 is 0 Å². The Hall–Kier alpha value is -2.35. The van der Waals surface area contributed by atoms with Gasteiger partial charge in [-0.3, -0.25) is 0 Å². The van der Waals surface area contributed by atoms with Gasteiger partial charge in [0.1, 0.15) is 5.75 Å². The predicted molar refractivity (Wildman–Crippen MR) is 116 cm³/mol. The summed E-state index contributed by atoms with van der Waals surface area (Å²) in [5.41, 5.74) is 4.24. The van der Waals surface area contributed by atoms with Crippen LogP contribution >= 0.6 is 0 Å². The van der Waals surface area contributed by atoms with Crippen molar-refractivity contribution in [1.82, 2.24) is 0 Å². The second-order valence-corrected chi connectivity index (χ2v) is 5.63. The third-order valence-corrected chi connectivity index (χ3v) is 4.17. The summed E-state index contributed by atoms with van der Waals surface area (Å²) in [4.78, 5) is 0. The van der Waals surface area contributed by atoms with E-state index in [2.05, 4.69) is 36.4 Å². The number of fused-ring (bicyclic) bond motifs is 1. The fraction of sp³-hybridized carbons (Fsp3) is 0. The molecule has 0 amide bonds. The van der Waals surface area contributed by atoms with Gasteiger partial charge in [0.2, 0.25) is 0 Å². The second kappa shape index (κ2) is 10.7. The first-order valence-electron chi connectivity index (χ1n) is 7.69. The summed E-state index contributed by atoms with van der Waals surface area (Å²) >= 11 is 0. The molecule has 27 heavy (non-hydrogen) atoms. The molecule has 0 unspecified atom stereocenters. The van der Waals surface area contributed by atoms with Crippen molar-refractivity contribution in [1.29, 1.82) is 0 Å². The third kappa shape index (κ3) is 4.88. The summed E-state index contributed by atoms with van der Waals surface area (Å²) in [6.45, 7) is 0. The first-order valence-corrected chi connectivity index (χ1v) is 7.69. The zero-order valence-corrected chi connectivity index (χ0v) is 17.7. The fourth-order valence-electron chi connectivity index (χ4n) is 3.05. The molecule has 0 spiro atoms. The number of aromatic hydroxyl groups is 1. The minimum Gasteiger partial charge on any atom is -0.507 e. The van der Waals surface area contributed by atoms with Crippen LogP contribution in [-0.4, -0.2) is 5.11 Å². The van der Waals surface area contributed by atoms with Gasteiger partial charge in [0.25, 0.3) is 0 Å². The van der Waals surface area contributed by atoms with Gasteiger partial charge in [-0.1, -0.05) is 78.9 Å². The molecule has 0 atom stereocenters. The molecule has 2 heteroatoms. The largest absolute Gasteiger partial charge is 3.00 e. The van der Waals surface area contributed by atoms with Crippen molar-refractivity contribution in [3.05, 3.63) is 113 Å². The van der Waals surface area contributed by atoms with Crippen LogP contribution in [0.1, 0.15) is 0 Å². The molecule has 0 aromatic heterocycles. The smallest absolute Gasteiger partial charge is 0.507 e. The second-order valence-electron chi connectivity index (χ2n) is 5.63. The van der Waals surface area contributed by atoms with E-state index in [4.69, 9.17) is 0 Å². The Kier molecular flexibility index (Phi) is 9.79. The number of benzene rings is 4. The van der Waals surface area contributed by atoms with Crippen LogP contribution < -0.4 is 0 Å². The van der Waals surface area contributed by atoms with Crippen molar-refractivity contribution in [2.24, 2.45) is 0 Å². The Morgan fingerprint density at radius 2 is 1.11 bits per heavy atom. The molecule has 0 heterocycles. The van der Waals surface area contributed by atoms with E-state index in [1.807, 2.05) is 48.5 Å². The summed E-state index contributed by atoms with van der Waals surface area (Å²) in [6.07, 6.45) is 0. The standard InChI is InChI=1S/C22H16O.3CH3.Ti/c23-21-14-13-17-9-4-5-12-20(17)22(21)19-11-6-10-18(15-19)16-7-2-1-3-8-16;;;;/h1-15,23H;3*1H3;/q;3*-1;+3. The minimum atomic E-state index is 0. The summed E-state index contributed by atoms with van der Waals surface area (Å²) < 4.78 is 0. The number of rotatable bonds is 2. The van der Waals surface area contributed by atoms with E-state index in [9.17, 15) is 5.11 Å². The number of hydrogen-bond acceptors (Lipinski definition) is 1. The Morgan fingerprint density at radius 1 is 0.519 bits per heavy atom. The predicted octanol–water partition coefficient (Wildman–Crippen LogP) is 7.23. The number of hydrogen-bond donors (Lipinski definition) is 1. The quantitative estimate of drug-likeness (QED) is 0.283. The Balaban J connectivity index is 0.00000169. The first-order chi connectivity index (χ1) is 11.3. The van der Waals surface area contributed by atoms with Crippen molar-refractivity contribution in [2.45, 2.75) is 0 Å². The van der Waals surface area contributed by atoms with E-state index in [0.717, 1.165) is 27.5 Å². The van der Waals surface area contributed by atoms with Gasteiger partial charge in [0.15, 0.2) is 0 Å². The van der Waals surface area contributed by atoms with E-state index in [-0.39, 0.29) is 44.0 Å². The van der Waals surface area contributed by atoms with Crippen molar-refractivity contribution in [3.63, 3.8) is 0 Å². The molecule has 4 aromatic rings. The molecule has 0 fully saturated rings. The van der Waals surface area contributed by atoms with Crippen LogP contribution in [0.25, 0.3) is 33.0 Å². The summed E-state index contributed by atoms with van der Waals surface area (Å²) in [5.74, 6) is 0.314. The van der Waals surface area contributed by atoms with Crippen LogP contribution in [0.5, 0.6) is 5.75 Å². The van der Waals surface area contributed by atoms with Crippen molar-refractivity contribution < 1.29 is 26.8 Å². The molecule has 0 saturated carbocycles. The molecule has 1 N–H and O–H groups in total. The molecule has 4 aromatic carbocycles. The fourth-order valence-corrected chi connectivity index (χ4v) is 3.05. The van der Waals surface area contributed by atoms with E-state index < -0.39 is 0 Å². The van der Waals surface area contributed by atoms with Gasteiger partial charge in [-0.05, 0) is 39.6 Å². The summed E-state index contributed by atoms with van der Waals surface area (Å²) in [7, 11) is 0. The first kappa shape index (κ1) is 24.7. The SMILES string of the molecule is Oc1ccc2ccccc2c1-c1cccc(-c2ccccc2)c1.[CH3-].[CH3-].[CH3-].[Ti+3]. The molecule has 0 aliphatic rings. The maximum Gasteiger partial charge on any atom is 3.00 e. The van der Waals surface area contributed by atoms with Crippen LogP contribution in [0, 0.1) is 22.3 Å². The van der Waals surface area contributed by atoms with Crippen molar-refractivity contribution in [3.8, 4) is 28.0 Å². The van der Waals surface area contributed by atoms with Crippen LogP contribution in [0.15, 0.2) is 91.0 Å². The normalized spacial score (nSPS) is 9.19. The molecule has 1 radical (unpaired) electrons. The Morgan fingerprint density at radius 3 is 1.85 bits per heavy atom. The van der Waals surface area contributed by atoms with Gasteiger partial charge in [-0.25, -0.2) is 0 Å². The zero-order chi connectivity index (χ0) is 15.6. The van der Waals surface area contributed by atoms with E-state index in [1.165, 1.54) is 5.56 Å². The molecule has 0 aliphatic carbocycles. The van der Waals surface area contributed by atoms with Gasteiger partial charge in [0.05, 0.1) is 0 Å². The van der Waals surface area contributed by atoms with Gasteiger partial charge in [-0.2, -0.15) is 0 Å². The van der Waals surface area contributed by atoms with Gasteiger partial charge in [0, 0.05) is 5.56 Å². The van der Waals surface area contributed by atoms with Gasteiger partial charge in [-0.15, -0.1) is 0 Å². The number of phenols is 1. The van der Waals surface area contributed by atoms with Crippen molar-refractivity contribution >= 4 is 10.8 Å². The van der Waals surface area contributed by atoms with Crippen LogP contribution in [0.2, 0.25) is 0 Å². The van der Waals surface area contributed by atoms with E-state index in [0.29, 0.717) is 5.75 Å². The summed E-state index contributed by atoms with van der Waals surface area (Å²) in [6, 6.07) is 30.5. The van der Waals surface area contributed by atoms with Crippen molar-refractivity contribution in [2.75, 3.05) is 0 Å². The molecular formula is C25H25OTi. The zero-order valence-electron chi connectivity index (χ0n) is 16.1.